The van der Waals surface area contributed by atoms with Gasteiger partial charge in [-0.15, -0.1) is 0 Å². The van der Waals surface area contributed by atoms with Crippen molar-refractivity contribution in [3.8, 4) is 5.88 Å². The first-order valence-corrected chi connectivity index (χ1v) is 9.11. The van der Waals surface area contributed by atoms with Crippen molar-refractivity contribution in [1.82, 2.24) is 9.88 Å². The molecular formula is C20H22N4O3. The molecule has 1 saturated heterocycles. The molecule has 0 bridgehead atoms. The number of piperazine rings is 1. The van der Waals surface area contributed by atoms with Crippen molar-refractivity contribution in [3.63, 3.8) is 0 Å². The van der Waals surface area contributed by atoms with Crippen molar-refractivity contribution in [2.75, 3.05) is 43.5 Å². The Balaban J connectivity index is 1.40. The predicted octanol–water partition coefficient (Wildman–Crippen LogP) is 1.94. The van der Waals surface area contributed by atoms with Crippen LogP contribution in [0.4, 0.5) is 11.4 Å². The number of nitrogens with zero attached hydrogens (tertiary/aromatic N) is 3. The minimum Gasteiger partial charge on any atom is -0.481 e. The Kier molecular flexibility index (Phi) is 4.66. The molecule has 0 saturated carbocycles. The molecule has 1 aromatic carbocycles. The summed E-state index contributed by atoms with van der Waals surface area (Å²) in [7, 11) is 1.55. The van der Waals surface area contributed by atoms with Gasteiger partial charge in [0, 0.05) is 56.2 Å². The Morgan fingerprint density at radius 3 is 2.63 bits per heavy atom. The molecule has 2 amide bonds. The Morgan fingerprint density at radius 2 is 1.93 bits per heavy atom. The van der Waals surface area contributed by atoms with Crippen LogP contribution in [-0.4, -0.2) is 55.0 Å². The van der Waals surface area contributed by atoms with Crippen LogP contribution >= 0.6 is 0 Å². The van der Waals surface area contributed by atoms with Crippen molar-refractivity contribution in [1.29, 1.82) is 0 Å². The number of methoxy groups -OCH3 is 1. The van der Waals surface area contributed by atoms with Crippen LogP contribution < -0.4 is 15.0 Å². The number of rotatable bonds is 3. The second-order valence-corrected chi connectivity index (χ2v) is 6.76. The summed E-state index contributed by atoms with van der Waals surface area (Å²) in [6, 6.07) is 9.62. The molecule has 140 valence electrons. The van der Waals surface area contributed by atoms with Gasteiger partial charge in [0.1, 0.15) is 0 Å². The highest BCUT2D eigenvalue weighted by Crippen LogP contribution is 2.28. The van der Waals surface area contributed by atoms with E-state index in [4.69, 9.17) is 4.74 Å². The molecule has 3 heterocycles. The lowest BCUT2D eigenvalue weighted by molar-refractivity contribution is -0.116. The summed E-state index contributed by atoms with van der Waals surface area (Å²) in [6.45, 7) is 2.89. The van der Waals surface area contributed by atoms with Crippen LogP contribution in [0, 0.1) is 0 Å². The molecule has 1 fully saturated rings. The molecule has 7 nitrogen and oxygen atoms in total. The first-order valence-electron chi connectivity index (χ1n) is 9.11. The van der Waals surface area contributed by atoms with Gasteiger partial charge in [-0.3, -0.25) is 9.59 Å². The zero-order chi connectivity index (χ0) is 18.8. The van der Waals surface area contributed by atoms with Gasteiger partial charge < -0.3 is 19.9 Å². The van der Waals surface area contributed by atoms with Crippen LogP contribution in [0.5, 0.6) is 5.88 Å². The Bertz CT molecular complexity index is 858. The maximum absolute atomic E-state index is 12.7. The average molecular weight is 366 g/mol. The molecule has 4 rings (SSSR count). The molecule has 0 unspecified atom stereocenters. The zero-order valence-electron chi connectivity index (χ0n) is 15.3. The van der Waals surface area contributed by atoms with Gasteiger partial charge in [0.25, 0.3) is 5.91 Å². The first-order chi connectivity index (χ1) is 13.1. The summed E-state index contributed by atoms with van der Waals surface area (Å²) in [5, 5.41) is 2.91. The lowest BCUT2D eigenvalue weighted by Crippen LogP contribution is -2.48. The predicted molar refractivity (Wildman–Crippen MR) is 102 cm³/mol. The number of anilines is 2. The number of aromatic nitrogens is 1. The highest BCUT2D eigenvalue weighted by atomic mass is 16.5. The summed E-state index contributed by atoms with van der Waals surface area (Å²) in [4.78, 5) is 32.4. The van der Waals surface area contributed by atoms with Crippen LogP contribution in [0.3, 0.4) is 0 Å². The quantitative estimate of drug-likeness (QED) is 0.899. The van der Waals surface area contributed by atoms with E-state index >= 15 is 0 Å². The number of ether oxygens (including phenoxy) is 1. The SMILES string of the molecule is COc1ccc(C(=O)N2CCN(c3ccc4c(c3)CCC(=O)N4)CC2)cn1. The third kappa shape index (κ3) is 3.58. The largest absolute Gasteiger partial charge is 0.481 e. The van der Waals surface area contributed by atoms with E-state index in [0.29, 0.717) is 31.0 Å². The van der Waals surface area contributed by atoms with E-state index in [0.717, 1.165) is 30.9 Å². The summed E-state index contributed by atoms with van der Waals surface area (Å²) in [6.07, 6.45) is 2.87. The standard InChI is InChI=1S/C20H22N4O3/c1-27-19-7-3-15(13-21-19)20(26)24-10-8-23(9-11-24)16-4-5-17-14(12-16)2-6-18(25)22-17/h3-5,7,12-13H,2,6,8-11H2,1H3,(H,22,25). The fourth-order valence-electron chi connectivity index (χ4n) is 3.54. The van der Waals surface area contributed by atoms with Gasteiger partial charge >= 0.3 is 0 Å². The number of aryl methyl sites for hydroxylation is 1. The first kappa shape index (κ1) is 17.3. The Labute approximate surface area is 157 Å². The minimum atomic E-state index is -0.00189. The molecule has 2 aliphatic rings. The van der Waals surface area contributed by atoms with E-state index in [1.807, 2.05) is 17.0 Å². The van der Waals surface area contributed by atoms with Crippen LogP contribution in [0.1, 0.15) is 22.3 Å². The second-order valence-electron chi connectivity index (χ2n) is 6.76. The van der Waals surface area contributed by atoms with E-state index in [2.05, 4.69) is 21.3 Å². The number of hydrogen-bond donors (Lipinski definition) is 1. The lowest BCUT2D eigenvalue weighted by atomic mass is 10.0. The minimum absolute atomic E-state index is 0.00189. The summed E-state index contributed by atoms with van der Waals surface area (Å²) in [5.74, 6) is 0.577. The van der Waals surface area contributed by atoms with Crippen molar-refractivity contribution in [2.45, 2.75) is 12.8 Å². The van der Waals surface area contributed by atoms with E-state index in [1.54, 1.807) is 25.4 Å². The number of carbonyl (C=O) groups is 2. The van der Waals surface area contributed by atoms with Crippen molar-refractivity contribution < 1.29 is 14.3 Å². The van der Waals surface area contributed by atoms with Gasteiger partial charge in [-0.25, -0.2) is 4.98 Å². The number of amides is 2. The summed E-state index contributed by atoms with van der Waals surface area (Å²) >= 11 is 0. The number of fused-ring (bicyclic) bond motifs is 1. The van der Waals surface area contributed by atoms with E-state index < -0.39 is 0 Å². The third-order valence-corrected chi connectivity index (χ3v) is 5.11. The van der Waals surface area contributed by atoms with Crippen LogP contribution in [0.2, 0.25) is 0 Å². The number of benzene rings is 1. The van der Waals surface area contributed by atoms with Crippen molar-refractivity contribution in [3.05, 3.63) is 47.7 Å². The number of nitrogens with one attached hydrogen (secondary N) is 1. The lowest BCUT2D eigenvalue weighted by Gasteiger charge is -2.36. The molecule has 1 aromatic heterocycles. The van der Waals surface area contributed by atoms with E-state index in [-0.39, 0.29) is 11.8 Å². The maximum Gasteiger partial charge on any atom is 0.255 e. The second kappa shape index (κ2) is 7.26. The molecule has 0 radical (unpaired) electrons. The van der Waals surface area contributed by atoms with Gasteiger partial charge in [0.2, 0.25) is 11.8 Å². The smallest absolute Gasteiger partial charge is 0.255 e. The molecule has 27 heavy (non-hydrogen) atoms. The van der Waals surface area contributed by atoms with Gasteiger partial charge in [-0.05, 0) is 36.2 Å². The maximum atomic E-state index is 12.7. The van der Waals surface area contributed by atoms with Gasteiger partial charge in [0.15, 0.2) is 0 Å². The molecule has 0 atom stereocenters. The van der Waals surface area contributed by atoms with Gasteiger partial charge in [-0.2, -0.15) is 0 Å². The Morgan fingerprint density at radius 1 is 1.11 bits per heavy atom. The Hall–Kier alpha value is -3.09. The normalized spacial score (nSPS) is 16.6. The number of hydrogen-bond acceptors (Lipinski definition) is 5. The monoisotopic (exact) mass is 366 g/mol. The highest BCUT2D eigenvalue weighted by Gasteiger charge is 2.23. The van der Waals surface area contributed by atoms with Crippen molar-refractivity contribution >= 4 is 23.2 Å². The van der Waals surface area contributed by atoms with Crippen LogP contribution in [0.25, 0.3) is 0 Å². The molecular weight excluding hydrogens is 344 g/mol. The fraction of sp³-hybridized carbons (Fsp3) is 0.350. The van der Waals surface area contributed by atoms with Crippen LogP contribution in [0.15, 0.2) is 36.5 Å². The zero-order valence-corrected chi connectivity index (χ0v) is 15.3. The summed E-state index contributed by atoms with van der Waals surface area (Å²) in [5.41, 5.74) is 3.81. The number of carbonyl (C=O) groups excluding carboxylic acids is 2. The topological polar surface area (TPSA) is 74.8 Å². The van der Waals surface area contributed by atoms with Gasteiger partial charge in [-0.1, -0.05) is 0 Å². The average Bonchev–Trinajstić information content (AvgIpc) is 2.73. The van der Waals surface area contributed by atoms with Gasteiger partial charge in [0.05, 0.1) is 12.7 Å². The fourth-order valence-corrected chi connectivity index (χ4v) is 3.54. The third-order valence-electron chi connectivity index (χ3n) is 5.11. The molecule has 0 aliphatic carbocycles. The molecule has 0 spiro atoms. The van der Waals surface area contributed by atoms with Crippen molar-refractivity contribution in [2.24, 2.45) is 0 Å². The van der Waals surface area contributed by atoms with E-state index in [1.165, 1.54) is 5.56 Å². The molecule has 1 N–H and O–H groups in total. The highest BCUT2D eigenvalue weighted by molar-refractivity contribution is 5.95. The molecule has 2 aliphatic heterocycles. The van der Waals surface area contributed by atoms with E-state index in [9.17, 15) is 9.59 Å². The molecule has 2 aromatic rings. The summed E-state index contributed by atoms with van der Waals surface area (Å²) < 4.78 is 5.04. The van der Waals surface area contributed by atoms with Crippen LogP contribution in [-0.2, 0) is 11.2 Å². The number of pyridine rings is 1. The molecule has 7 heteroatoms.